The van der Waals surface area contributed by atoms with Gasteiger partial charge in [-0.05, 0) is 61.7 Å². The van der Waals surface area contributed by atoms with E-state index in [0.717, 1.165) is 11.1 Å². The topological polar surface area (TPSA) is 55.1 Å². The number of amides is 1. The second-order valence-electron chi connectivity index (χ2n) is 4.82. The molecule has 3 nitrogen and oxygen atoms in total. The van der Waals surface area contributed by atoms with E-state index in [1.807, 2.05) is 51.1 Å². The zero-order chi connectivity index (χ0) is 14.0. The lowest BCUT2D eigenvalue weighted by Crippen LogP contribution is -2.12. The van der Waals surface area contributed by atoms with Crippen LogP contribution in [0.4, 0.5) is 11.4 Å². The van der Waals surface area contributed by atoms with Gasteiger partial charge in [0.25, 0.3) is 5.91 Å². The van der Waals surface area contributed by atoms with E-state index in [0.29, 0.717) is 16.9 Å². The van der Waals surface area contributed by atoms with Crippen LogP contribution in [-0.2, 0) is 0 Å². The van der Waals surface area contributed by atoms with Gasteiger partial charge in [-0.3, -0.25) is 4.79 Å². The Labute approximate surface area is 113 Å². The van der Waals surface area contributed by atoms with Crippen molar-refractivity contribution in [2.45, 2.75) is 20.8 Å². The first-order chi connectivity index (χ1) is 8.97. The first kappa shape index (κ1) is 13.1. The van der Waals surface area contributed by atoms with Crippen LogP contribution >= 0.6 is 0 Å². The predicted molar refractivity (Wildman–Crippen MR) is 79.5 cm³/mol. The molecule has 2 aromatic carbocycles. The van der Waals surface area contributed by atoms with Gasteiger partial charge in [0.15, 0.2) is 0 Å². The minimum atomic E-state index is -0.119. The Morgan fingerprint density at radius 3 is 2.26 bits per heavy atom. The standard InChI is InChI=1S/C16H18N2O/c1-10-4-6-13(8-12(10)3)16(19)18-14-7-5-11(2)15(17)9-14/h4-9H,17H2,1-3H3,(H,18,19). The number of nitrogen functional groups attached to an aromatic ring is 1. The van der Waals surface area contributed by atoms with Crippen molar-refractivity contribution in [3.05, 3.63) is 58.7 Å². The Hall–Kier alpha value is -2.29. The molecule has 0 bridgehead atoms. The van der Waals surface area contributed by atoms with Gasteiger partial charge in [-0.25, -0.2) is 0 Å². The summed E-state index contributed by atoms with van der Waals surface area (Å²) in [6.07, 6.45) is 0. The number of benzene rings is 2. The van der Waals surface area contributed by atoms with Crippen LogP contribution in [0.15, 0.2) is 36.4 Å². The van der Waals surface area contributed by atoms with Gasteiger partial charge in [0.1, 0.15) is 0 Å². The fraction of sp³-hybridized carbons (Fsp3) is 0.188. The van der Waals surface area contributed by atoms with Gasteiger partial charge >= 0.3 is 0 Å². The van der Waals surface area contributed by atoms with Crippen LogP contribution in [0.25, 0.3) is 0 Å². The van der Waals surface area contributed by atoms with Crippen LogP contribution in [0, 0.1) is 20.8 Å². The zero-order valence-corrected chi connectivity index (χ0v) is 11.4. The number of carbonyl (C=O) groups is 1. The molecule has 0 radical (unpaired) electrons. The first-order valence-corrected chi connectivity index (χ1v) is 6.22. The summed E-state index contributed by atoms with van der Waals surface area (Å²) in [5.74, 6) is -0.119. The number of anilines is 2. The van der Waals surface area contributed by atoms with Crippen molar-refractivity contribution < 1.29 is 4.79 Å². The lowest BCUT2D eigenvalue weighted by atomic mass is 10.1. The molecule has 2 aromatic rings. The van der Waals surface area contributed by atoms with E-state index in [4.69, 9.17) is 5.73 Å². The summed E-state index contributed by atoms with van der Waals surface area (Å²) in [5.41, 5.74) is 11.2. The maximum atomic E-state index is 12.1. The number of nitrogens with one attached hydrogen (secondary N) is 1. The number of carbonyl (C=O) groups excluding carboxylic acids is 1. The summed E-state index contributed by atoms with van der Waals surface area (Å²) >= 11 is 0. The molecule has 3 N–H and O–H groups in total. The Balaban J connectivity index is 2.20. The van der Waals surface area contributed by atoms with Gasteiger partial charge in [-0.15, -0.1) is 0 Å². The Bertz CT molecular complexity index is 633. The maximum absolute atomic E-state index is 12.1. The van der Waals surface area contributed by atoms with E-state index in [2.05, 4.69) is 5.32 Å². The molecule has 0 spiro atoms. The highest BCUT2D eigenvalue weighted by Crippen LogP contribution is 2.18. The molecule has 0 aliphatic rings. The van der Waals surface area contributed by atoms with Crippen LogP contribution < -0.4 is 11.1 Å². The van der Waals surface area contributed by atoms with Crippen molar-refractivity contribution in [3.63, 3.8) is 0 Å². The number of nitrogens with two attached hydrogens (primary N) is 1. The third-order valence-corrected chi connectivity index (χ3v) is 3.31. The monoisotopic (exact) mass is 254 g/mol. The average molecular weight is 254 g/mol. The van der Waals surface area contributed by atoms with Crippen molar-refractivity contribution in [2.24, 2.45) is 0 Å². The van der Waals surface area contributed by atoms with Gasteiger partial charge in [-0.2, -0.15) is 0 Å². The van der Waals surface area contributed by atoms with Gasteiger partial charge in [0, 0.05) is 16.9 Å². The molecule has 0 heterocycles. The highest BCUT2D eigenvalue weighted by Gasteiger charge is 2.07. The van der Waals surface area contributed by atoms with Crippen molar-refractivity contribution in [1.29, 1.82) is 0 Å². The molecule has 0 fully saturated rings. The van der Waals surface area contributed by atoms with Crippen molar-refractivity contribution >= 4 is 17.3 Å². The molecule has 0 aliphatic carbocycles. The number of aryl methyl sites for hydroxylation is 3. The molecule has 0 saturated heterocycles. The largest absolute Gasteiger partial charge is 0.398 e. The van der Waals surface area contributed by atoms with E-state index in [1.54, 1.807) is 6.07 Å². The highest BCUT2D eigenvalue weighted by molar-refractivity contribution is 6.04. The van der Waals surface area contributed by atoms with Crippen molar-refractivity contribution in [2.75, 3.05) is 11.1 Å². The summed E-state index contributed by atoms with van der Waals surface area (Å²) in [4.78, 5) is 12.1. The number of hydrogen-bond acceptors (Lipinski definition) is 2. The quantitative estimate of drug-likeness (QED) is 0.806. The van der Waals surface area contributed by atoms with Gasteiger partial charge < -0.3 is 11.1 Å². The molecular formula is C16H18N2O. The van der Waals surface area contributed by atoms with Crippen LogP contribution in [0.3, 0.4) is 0 Å². The molecule has 2 rings (SSSR count). The minimum absolute atomic E-state index is 0.119. The molecular weight excluding hydrogens is 236 g/mol. The van der Waals surface area contributed by atoms with E-state index < -0.39 is 0 Å². The summed E-state index contributed by atoms with van der Waals surface area (Å²) in [7, 11) is 0. The summed E-state index contributed by atoms with van der Waals surface area (Å²) in [6.45, 7) is 5.96. The lowest BCUT2D eigenvalue weighted by molar-refractivity contribution is 0.102. The molecule has 19 heavy (non-hydrogen) atoms. The summed E-state index contributed by atoms with van der Waals surface area (Å²) in [6, 6.07) is 11.2. The molecule has 1 amide bonds. The zero-order valence-electron chi connectivity index (χ0n) is 11.4. The second-order valence-corrected chi connectivity index (χ2v) is 4.82. The smallest absolute Gasteiger partial charge is 0.255 e. The summed E-state index contributed by atoms with van der Waals surface area (Å²) in [5, 5.41) is 2.85. The molecule has 0 saturated carbocycles. The van der Waals surface area contributed by atoms with Gasteiger partial charge in [0.05, 0.1) is 0 Å². The van der Waals surface area contributed by atoms with Crippen molar-refractivity contribution in [3.8, 4) is 0 Å². The lowest BCUT2D eigenvalue weighted by Gasteiger charge is -2.09. The average Bonchev–Trinajstić information content (AvgIpc) is 2.37. The van der Waals surface area contributed by atoms with E-state index >= 15 is 0 Å². The highest BCUT2D eigenvalue weighted by atomic mass is 16.1. The van der Waals surface area contributed by atoms with Crippen LogP contribution in [-0.4, -0.2) is 5.91 Å². The fourth-order valence-electron chi connectivity index (χ4n) is 1.80. The Kier molecular flexibility index (Phi) is 3.56. The normalized spacial score (nSPS) is 10.3. The fourth-order valence-corrected chi connectivity index (χ4v) is 1.80. The van der Waals surface area contributed by atoms with E-state index in [1.165, 1.54) is 5.56 Å². The molecule has 0 aliphatic heterocycles. The molecule has 0 atom stereocenters. The van der Waals surface area contributed by atoms with E-state index in [-0.39, 0.29) is 5.91 Å². The molecule has 98 valence electrons. The first-order valence-electron chi connectivity index (χ1n) is 6.22. The maximum Gasteiger partial charge on any atom is 0.255 e. The van der Waals surface area contributed by atoms with Crippen LogP contribution in [0.1, 0.15) is 27.0 Å². The van der Waals surface area contributed by atoms with Crippen LogP contribution in [0.5, 0.6) is 0 Å². The SMILES string of the molecule is Cc1ccc(C(=O)Nc2ccc(C)c(N)c2)cc1C. The van der Waals surface area contributed by atoms with Crippen LogP contribution in [0.2, 0.25) is 0 Å². The van der Waals surface area contributed by atoms with Gasteiger partial charge in [0.2, 0.25) is 0 Å². The number of rotatable bonds is 2. The molecule has 0 unspecified atom stereocenters. The minimum Gasteiger partial charge on any atom is -0.398 e. The van der Waals surface area contributed by atoms with Gasteiger partial charge in [-0.1, -0.05) is 12.1 Å². The second kappa shape index (κ2) is 5.14. The van der Waals surface area contributed by atoms with Crippen molar-refractivity contribution in [1.82, 2.24) is 0 Å². The third-order valence-electron chi connectivity index (χ3n) is 3.31. The Morgan fingerprint density at radius 2 is 1.63 bits per heavy atom. The summed E-state index contributed by atoms with van der Waals surface area (Å²) < 4.78 is 0. The van der Waals surface area contributed by atoms with E-state index in [9.17, 15) is 4.79 Å². The predicted octanol–water partition coefficient (Wildman–Crippen LogP) is 3.45. The molecule has 0 aromatic heterocycles. The third kappa shape index (κ3) is 2.94. The number of hydrogen-bond donors (Lipinski definition) is 2. The Morgan fingerprint density at radius 1 is 0.947 bits per heavy atom. The molecule has 3 heteroatoms.